The number of aliphatic carboxylic acids is 1. The summed E-state index contributed by atoms with van der Waals surface area (Å²) in [5, 5.41) is 18.2. The molecule has 1 rings (SSSR count). The van der Waals surface area contributed by atoms with Crippen molar-refractivity contribution < 1.29 is 15.0 Å². The van der Waals surface area contributed by atoms with Crippen LogP contribution in [0, 0.1) is 6.92 Å². The first-order valence-corrected chi connectivity index (χ1v) is 5.50. The Hall–Kier alpha value is -1.03. The molecule has 0 aromatic heterocycles. The summed E-state index contributed by atoms with van der Waals surface area (Å²) in [7, 11) is 0. The van der Waals surface area contributed by atoms with Crippen molar-refractivity contribution in [2.45, 2.75) is 26.2 Å². The van der Waals surface area contributed by atoms with Gasteiger partial charge < -0.3 is 10.2 Å². The molecule has 0 saturated heterocycles. The summed E-state index contributed by atoms with van der Waals surface area (Å²) in [6, 6.07) is 3.73. The fourth-order valence-corrected chi connectivity index (χ4v) is 1.72. The summed E-state index contributed by atoms with van der Waals surface area (Å²) in [6.45, 7) is 1.89. The second-order valence-corrected chi connectivity index (χ2v) is 4.24. The molecular formula is C11H13BrO3. The monoisotopic (exact) mass is 272 g/mol. The van der Waals surface area contributed by atoms with Crippen molar-refractivity contribution in [2.24, 2.45) is 0 Å². The predicted molar refractivity (Wildman–Crippen MR) is 61.1 cm³/mol. The van der Waals surface area contributed by atoms with Crippen molar-refractivity contribution in [3.63, 3.8) is 0 Å². The molecule has 0 bridgehead atoms. The lowest BCUT2D eigenvalue weighted by molar-refractivity contribution is -0.137. The first-order chi connectivity index (χ1) is 7.02. The average Bonchev–Trinajstić information content (AvgIpc) is 2.18. The first-order valence-electron chi connectivity index (χ1n) is 4.71. The van der Waals surface area contributed by atoms with E-state index >= 15 is 0 Å². The van der Waals surface area contributed by atoms with Crippen molar-refractivity contribution >= 4 is 21.9 Å². The highest BCUT2D eigenvalue weighted by molar-refractivity contribution is 9.10. The molecule has 0 aliphatic rings. The van der Waals surface area contributed by atoms with Gasteiger partial charge in [0.05, 0.1) is 4.47 Å². The molecular weight excluding hydrogens is 260 g/mol. The van der Waals surface area contributed by atoms with E-state index in [1.165, 1.54) is 0 Å². The van der Waals surface area contributed by atoms with Gasteiger partial charge >= 0.3 is 5.97 Å². The smallest absolute Gasteiger partial charge is 0.303 e. The molecule has 0 aliphatic heterocycles. The maximum atomic E-state index is 10.3. The molecule has 0 spiro atoms. The van der Waals surface area contributed by atoms with Crippen molar-refractivity contribution in [1.82, 2.24) is 0 Å². The normalized spacial score (nSPS) is 10.3. The van der Waals surface area contributed by atoms with E-state index in [0.29, 0.717) is 17.3 Å². The molecule has 0 heterocycles. The van der Waals surface area contributed by atoms with E-state index in [-0.39, 0.29) is 12.2 Å². The summed E-state index contributed by atoms with van der Waals surface area (Å²) in [6.07, 6.45) is 1.25. The SMILES string of the molecule is Cc1ccc(CCCC(=O)O)c(O)c1Br. The van der Waals surface area contributed by atoms with Crippen molar-refractivity contribution in [3.8, 4) is 5.75 Å². The number of hydrogen-bond acceptors (Lipinski definition) is 2. The molecule has 0 aliphatic carbocycles. The molecule has 0 atom stereocenters. The first kappa shape index (κ1) is 12.0. The summed E-state index contributed by atoms with van der Waals surface area (Å²) >= 11 is 3.28. The van der Waals surface area contributed by atoms with Crippen LogP contribution in [0.3, 0.4) is 0 Å². The number of halogens is 1. The van der Waals surface area contributed by atoms with Gasteiger partial charge in [0.25, 0.3) is 0 Å². The summed E-state index contributed by atoms with van der Waals surface area (Å²) in [5.74, 6) is -0.582. The lowest BCUT2D eigenvalue weighted by Gasteiger charge is -2.07. The minimum atomic E-state index is -0.805. The molecule has 0 unspecified atom stereocenters. The van der Waals surface area contributed by atoms with Gasteiger partial charge in [0.1, 0.15) is 5.75 Å². The molecule has 0 fully saturated rings. The highest BCUT2D eigenvalue weighted by atomic mass is 79.9. The zero-order valence-electron chi connectivity index (χ0n) is 8.46. The second-order valence-electron chi connectivity index (χ2n) is 3.45. The molecule has 0 amide bonds. The van der Waals surface area contributed by atoms with Crippen LogP contribution in [0.4, 0.5) is 0 Å². The number of rotatable bonds is 4. The van der Waals surface area contributed by atoms with Crippen LogP contribution < -0.4 is 0 Å². The van der Waals surface area contributed by atoms with Gasteiger partial charge in [-0.05, 0) is 46.8 Å². The van der Waals surface area contributed by atoms with Gasteiger partial charge in [0.15, 0.2) is 0 Å². The van der Waals surface area contributed by atoms with Gasteiger partial charge in [-0.15, -0.1) is 0 Å². The van der Waals surface area contributed by atoms with Crippen molar-refractivity contribution in [1.29, 1.82) is 0 Å². The molecule has 82 valence electrons. The van der Waals surface area contributed by atoms with E-state index in [1.807, 2.05) is 19.1 Å². The highest BCUT2D eigenvalue weighted by Gasteiger charge is 2.08. The predicted octanol–water partition coefficient (Wildman–Crippen LogP) is 2.87. The number of aryl methyl sites for hydroxylation is 2. The van der Waals surface area contributed by atoms with Gasteiger partial charge in [0, 0.05) is 6.42 Å². The third kappa shape index (κ3) is 3.23. The molecule has 0 radical (unpaired) electrons. The van der Waals surface area contributed by atoms with Crippen LogP contribution in [0.25, 0.3) is 0 Å². The highest BCUT2D eigenvalue weighted by Crippen LogP contribution is 2.31. The number of carboxylic acids is 1. The van der Waals surface area contributed by atoms with E-state index in [2.05, 4.69) is 15.9 Å². The summed E-state index contributed by atoms with van der Waals surface area (Å²) in [5.41, 5.74) is 1.75. The van der Waals surface area contributed by atoms with Gasteiger partial charge in [-0.3, -0.25) is 4.79 Å². The summed E-state index contributed by atoms with van der Waals surface area (Å²) < 4.78 is 0.690. The van der Waals surface area contributed by atoms with Crippen LogP contribution in [-0.4, -0.2) is 16.2 Å². The molecule has 0 saturated carbocycles. The quantitative estimate of drug-likeness (QED) is 0.886. The third-order valence-corrected chi connectivity index (χ3v) is 3.23. The Labute approximate surface area is 96.9 Å². The number of carbonyl (C=O) groups is 1. The van der Waals surface area contributed by atoms with Gasteiger partial charge in [-0.2, -0.15) is 0 Å². The lowest BCUT2D eigenvalue weighted by atomic mass is 10.1. The maximum Gasteiger partial charge on any atom is 0.303 e. The Morgan fingerprint density at radius 1 is 1.47 bits per heavy atom. The number of aromatic hydroxyl groups is 1. The zero-order valence-corrected chi connectivity index (χ0v) is 10.0. The fraction of sp³-hybridized carbons (Fsp3) is 0.364. The molecule has 3 nitrogen and oxygen atoms in total. The zero-order chi connectivity index (χ0) is 11.4. The molecule has 4 heteroatoms. The Kier molecular flexibility index (Phi) is 4.15. The fourth-order valence-electron chi connectivity index (χ4n) is 1.34. The summed E-state index contributed by atoms with van der Waals surface area (Å²) in [4.78, 5) is 10.3. The third-order valence-electron chi connectivity index (χ3n) is 2.23. The largest absolute Gasteiger partial charge is 0.506 e. The van der Waals surface area contributed by atoms with Gasteiger partial charge in [-0.1, -0.05) is 12.1 Å². The Balaban J connectivity index is 2.70. The number of phenols is 1. The molecule has 1 aromatic rings. The maximum absolute atomic E-state index is 10.3. The van der Waals surface area contributed by atoms with Crippen LogP contribution in [0.1, 0.15) is 24.0 Å². The van der Waals surface area contributed by atoms with Crippen LogP contribution in [0.15, 0.2) is 16.6 Å². The molecule has 1 aromatic carbocycles. The van der Waals surface area contributed by atoms with E-state index in [0.717, 1.165) is 11.1 Å². The van der Waals surface area contributed by atoms with Crippen molar-refractivity contribution in [3.05, 3.63) is 27.7 Å². The van der Waals surface area contributed by atoms with E-state index in [1.54, 1.807) is 0 Å². The Bertz CT molecular complexity index is 374. The van der Waals surface area contributed by atoms with E-state index in [9.17, 15) is 9.90 Å². The number of carboxylic acid groups (broad SMARTS) is 1. The standard InChI is InChI=1S/C11H13BrO3/c1-7-5-6-8(11(15)10(7)12)3-2-4-9(13)14/h5-6,15H,2-4H2,1H3,(H,13,14). The molecule has 2 N–H and O–H groups in total. The lowest BCUT2D eigenvalue weighted by Crippen LogP contribution is -1.96. The number of phenolic OH excluding ortho intramolecular Hbond substituents is 1. The minimum Gasteiger partial charge on any atom is -0.506 e. The van der Waals surface area contributed by atoms with E-state index in [4.69, 9.17) is 5.11 Å². The van der Waals surface area contributed by atoms with Crippen molar-refractivity contribution in [2.75, 3.05) is 0 Å². The van der Waals surface area contributed by atoms with E-state index < -0.39 is 5.97 Å². The van der Waals surface area contributed by atoms with Gasteiger partial charge in [-0.25, -0.2) is 0 Å². The Morgan fingerprint density at radius 3 is 2.73 bits per heavy atom. The minimum absolute atomic E-state index is 0.130. The van der Waals surface area contributed by atoms with Crippen LogP contribution in [-0.2, 0) is 11.2 Å². The molecule has 15 heavy (non-hydrogen) atoms. The van der Waals surface area contributed by atoms with Gasteiger partial charge in [0.2, 0.25) is 0 Å². The van der Waals surface area contributed by atoms with Crippen LogP contribution in [0.5, 0.6) is 5.75 Å². The van der Waals surface area contributed by atoms with Crippen LogP contribution >= 0.6 is 15.9 Å². The Morgan fingerprint density at radius 2 is 2.13 bits per heavy atom. The topological polar surface area (TPSA) is 57.5 Å². The second kappa shape index (κ2) is 5.16. The van der Waals surface area contributed by atoms with Crippen LogP contribution in [0.2, 0.25) is 0 Å². The average molecular weight is 273 g/mol. The number of hydrogen-bond donors (Lipinski definition) is 2. The number of benzene rings is 1.